The number of hydrogen-bond acceptors (Lipinski definition) is 5. The SMILES string of the molecule is COCc1ncc([C@@H]2C[C@H](NC(=O)c3ccccc3)C[C@H](CC(C)C)O2)cn1. The summed E-state index contributed by atoms with van der Waals surface area (Å²) in [6, 6.07) is 9.38. The van der Waals surface area contributed by atoms with Gasteiger partial charge in [-0.1, -0.05) is 32.0 Å². The minimum Gasteiger partial charge on any atom is -0.377 e. The van der Waals surface area contributed by atoms with Crippen molar-refractivity contribution in [1.82, 2.24) is 15.3 Å². The monoisotopic (exact) mass is 383 g/mol. The number of aromatic nitrogens is 2. The van der Waals surface area contributed by atoms with Gasteiger partial charge in [-0.15, -0.1) is 0 Å². The van der Waals surface area contributed by atoms with E-state index in [1.807, 2.05) is 30.3 Å². The van der Waals surface area contributed by atoms with E-state index >= 15 is 0 Å². The van der Waals surface area contributed by atoms with E-state index in [4.69, 9.17) is 9.47 Å². The number of hydrogen-bond donors (Lipinski definition) is 1. The van der Waals surface area contributed by atoms with Crippen LogP contribution >= 0.6 is 0 Å². The quantitative estimate of drug-likeness (QED) is 0.789. The number of nitrogens with zero attached hydrogens (tertiary/aromatic N) is 2. The molecule has 1 aromatic carbocycles. The third kappa shape index (κ3) is 5.59. The Morgan fingerprint density at radius 2 is 1.93 bits per heavy atom. The standard InChI is InChI=1S/C22H29N3O3/c1-15(2)9-19-10-18(25-22(26)16-7-5-4-6-8-16)11-20(28-19)17-12-23-21(14-27-3)24-13-17/h4-8,12-13,15,18-20H,9-11,14H2,1-3H3,(H,25,26)/t18-,19+,20+/m1/s1. The number of methoxy groups -OCH3 is 1. The van der Waals surface area contributed by atoms with Gasteiger partial charge in [-0.25, -0.2) is 9.97 Å². The van der Waals surface area contributed by atoms with Crippen LogP contribution in [0.5, 0.6) is 0 Å². The average Bonchev–Trinajstić information content (AvgIpc) is 2.69. The molecule has 0 radical (unpaired) electrons. The van der Waals surface area contributed by atoms with Crippen LogP contribution in [0.2, 0.25) is 0 Å². The predicted molar refractivity (Wildman–Crippen MR) is 107 cm³/mol. The number of ether oxygens (including phenoxy) is 2. The highest BCUT2D eigenvalue weighted by molar-refractivity contribution is 5.94. The maximum atomic E-state index is 12.6. The van der Waals surface area contributed by atoms with E-state index < -0.39 is 0 Å². The molecule has 3 rings (SSSR count). The van der Waals surface area contributed by atoms with Crippen molar-refractivity contribution in [2.75, 3.05) is 7.11 Å². The molecule has 0 aliphatic carbocycles. The van der Waals surface area contributed by atoms with E-state index in [1.54, 1.807) is 19.5 Å². The molecule has 1 aliphatic heterocycles. The molecule has 1 fully saturated rings. The molecule has 1 amide bonds. The van der Waals surface area contributed by atoms with Gasteiger partial charge in [-0.05, 0) is 37.3 Å². The highest BCUT2D eigenvalue weighted by Crippen LogP contribution is 2.33. The van der Waals surface area contributed by atoms with Crippen molar-refractivity contribution in [3.8, 4) is 0 Å². The molecule has 2 aromatic rings. The van der Waals surface area contributed by atoms with Gasteiger partial charge in [-0.3, -0.25) is 4.79 Å². The van der Waals surface area contributed by atoms with Gasteiger partial charge in [0.15, 0.2) is 5.82 Å². The molecule has 1 aromatic heterocycles. The van der Waals surface area contributed by atoms with E-state index in [2.05, 4.69) is 29.1 Å². The molecular formula is C22H29N3O3. The maximum Gasteiger partial charge on any atom is 0.251 e. The summed E-state index contributed by atoms with van der Waals surface area (Å²) in [5.74, 6) is 1.13. The predicted octanol–water partition coefficient (Wildman–Crippen LogP) is 3.69. The van der Waals surface area contributed by atoms with Crippen molar-refractivity contribution in [2.24, 2.45) is 5.92 Å². The van der Waals surface area contributed by atoms with Crippen LogP contribution in [-0.2, 0) is 16.1 Å². The van der Waals surface area contributed by atoms with E-state index in [-0.39, 0.29) is 24.2 Å². The maximum absolute atomic E-state index is 12.6. The molecule has 1 aliphatic rings. The van der Waals surface area contributed by atoms with Gasteiger partial charge in [-0.2, -0.15) is 0 Å². The molecule has 2 heterocycles. The first-order chi connectivity index (χ1) is 13.5. The number of benzene rings is 1. The zero-order valence-electron chi connectivity index (χ0n) is 16.8. The number of nitrogens with one attached hydrogen (secondary N) is 1. The molecule has 0 bridgehead atoms. The topological polar surface area (TPSA) is 73.3 Å². The lowest BCUT2D eigenvalue weighted by Gasteiger charge is -2.36. The highest BCUT2D eigenvalue weighted by atomic mass is 16.5. The summed E-state index contributed by atoms with van der Waals surface area (Å²) in [5, 5.41) is 3.19. The van der Waals surface area contributed by atoms with Gasteiger partial charge in [0, 0.05) is 36.7 Å². The van der Waals surface area contributed by atoms with Crippen LogP contribution in [0, 0.1) is 5.92 Å². The summed E-state index contributed by atoms with van der Waals surface area (Å²) >= 11 is 0. The second kappa shape index (κ2) is 9.75. The molecule has 1 N–H and O–H groups in total. The minimum absolute atomic E-state index is 0.0405. The summed E-state index contributed by atoms with van der Waals surface area (Å²) < 4.78 is 11.4. The summed E-state index contributed by atoms with van der Waals surface area (Å²) in [6.07, 6.45) is 6.06. The third-order valence-electron chi connectivity index (χ3n) is 4.88. The summed E-state index contributed by atoms with van der Waals surface area (Å²) in [4.78, 5) is 21.3. The molecule has 0 unspecified atom stereocenters. The lowest BCUT2D eigenvalue weighted by atomic mass is 9.91. The fraction of sp³-hybridized carbons (Fsp3) is 0.500. The van der Waals surface area contributed by atoms with Crippen LogP contribution in [0.15, 0.2) is 42.7 Å². The molecule has 28 heavy (non-hydrogen) atoms. The van der Waals surface area contributed by atoms with Gasteiger partial charge in [0.25, 0.3) is 5.91 Å². The Balaban J connectivity index is 1.72. The Morgan fingerprint density at radius 1 is 1.21 bits per heavy atom. The Labute approximate surface area is 166 Å². The Bertz CT molecular complexity index is 749. The number of carbonyl (C=O) groups is 1. The van der Waals surface area contributed by atoms with Crippen LogP contribution in [0.25, 0.3) is 0 Å². The van der Waals surface area contributed by atoms with E-state index in [0.29, 0.717) is 30.3 Å². The smallest absolute Gasteiger partial charge is 0.251 e. The summed E-state index contributed by atoms with van der Waals surface area (Å²) in [7, 11) is 1.62. The van der Waals surface area contributed by atoms with Crippen molar-refractivity contribution in [3.63, 3.8) is 0 Å². The molecule has 3 atom stereocenters. The minimum atomic E-state index is -0.129. The fourth-order valence-corrected chi connectivity index (χ4v) is 3.62. The Kier molecular flexibility index (Phi) is 7.12. The summed E-state index contributed by atoms with van der Waals surface area (Å²) in [6.45, 7) is 4.76. The van der Waals surface area contributed by atoms with Crippen LogP contribution < -0.4 is 5.32 Å². The van der Waals surface area contributed by atoms with Crippen LogP contribution in [0.3, 0.4) is 0 Å². The molecule has 1 saturated heterocycles. The first-order valence-corrected chi connectivity index (χ1v) is 9.86. The largest absolute Gasteiger partial charge is 0.377 e. The van der Waals surface area contributed by atoms with E-state index in [0.717, 1.165) is 18.4 Å². The molecule has 0 saturated carbocycles. The van der Waals surface area contributed by atoms with Crippen molar-refractivity contribution in [3.05, 3.63) is 59.7 Å². The number of carbonyl (C=O) groups excluding carboxylic acids is 1. The lowest BCUT2D eigenvalue weighted by Crippen LogP contribution is -2.43. The third-order valence-corrected chi connectivity index (χ3v) is 4.88. The molecule has 6 nitrogen and oxygen atoms in total. The second-order valence-corrected chi connectivity index (χ2v) is 7.75. The van der Waals surface area contributed by atoms with Gasteiger partial charge in [0.2, 0.25) is 0 Å². The van der Waals surface area contributed by atoms with Crippen molar-refractivity contribution in [1.29, 1.82) is 0 Å². The Morgan fingerprint density at radius 3 is 2.57 bits per heavy atom. The van der Waals surface area contributed by atoms with Crippen LogP contribution in [0.4, 0.5) is 0 Å². The van der Waals surface area contributed by atoms with Gasteiger partial charge >= 0.3 is 0 Å². The molecular weight excluding hydrogens is 354 g/mol. The zero-order chi connectivity index (χ0) is 19.9. The van der Waals surface area contributed by atoms with Crippen molar-refractivity contribution < 1.29 is 14.3 Å². The van der Waals surface area contributed by atoms with E-state index in [1.165, 1.54) is 0 Å². The van der Waals surface area contributed by atoms with Crippen molar-refractivity contribution in [2.45, 2.75) is 58.0 Å². The fourth-order valence-electron chi connectivity index (χ4n) is 3.62. The average molecular weight is 383 g/mol. The Hall–Kier alpha value is -2.31. The first kappa shape index (κ1) is 20.4. The van der Waals surface area contributed by atoms with Gasteiger partial charge in [0.05, 0.1) is 12.2 Å². The highest BCUT2D eigenvalue weighted by Gasteiger charge is 2.32. The van der Waals surface area contributed by atoms with Gasteiger partial charge in [0.1, 0.15) is 6.61 Å². The molecule has 0 spiro atoms. The number of amides is 1. The van der Waals surface area contributed by atoms with Gasteiger partial charge < -0.3 is 14.8 Å². The number of rotatable bonds is 7. The van der Waals surface area contributed by atoms with Crippen LogP contribution in [0.1, 0.15) is 61.0 Å². The zero-order valence-corrected chi connectivity index (χ0v) is 16.8. The first-order valence-electron chi connectivity index (χ1n) is 9.86. The van der Waals surface area contributed by atoms with Crippen molar-refractivity contribution >= 4 is 5.91 Å². The molecule has 150 valence electrons. The van der Waals surface area contributed by atoms with Crippen LogP contribution in [-0.4, -0.2) is 35.1 Å². The van der Waals surface area contributed by atoms with E-state index in [9.17, 15) is 4.79 Å². The molecule has 6 heteroatoms. The second-order valence-electron chi connectivity index (χ2n) is 7.75. The summed E-state index contributed by atoms with van der Waals surface area (Å²) in [5.41, 5.74) is 1.62. The lowest BCUT2D eigenvalue weighted by molar-refractivity contribution is -0.0702. The normalized spacial score (nSPS) is 22.2.